The zero-order valence-corrected chi connectivity index (χ0v) is 15.5. The van der Waals surface area contributed by atoms with Crippen molar-refractivity contribution in [3.8, 4) is 0 Å². The molecule has 1 saturated heterocycles. The van der Waals surface area contributed by atoms with E-state index in [-0.39, 0.29) is 49.0 Å². The Hall–Kier alpha value is -2.21. The molecule has 4 atom stereocenters. The van der Waals surface area contributed by atoms with Gasteiger partial charge in [-0.05, 0) is 55.4 Å². The number of hydrogen-bond acceptors (Lipinski definition) is 5. The molecular formula is C20H20ClNO5. The molecule has 3 fully saturated rings. The van der Waals surface area contributed by atoms with Crippen LogP contribution >= 0.6 is 11.6 Å². The zero-order valence-electron chi connectivity index (χ0n) is 14.7. The van der Waals surface area contributed by atoms with Gasteiger partial charge in [0.25, 0.3) is 0 Å². The molecule has 0 spiro atoms. The molecule has 1 heterocycles. The number of halogens is 1. The van der Waals surface area contributed by atoms with Crippen LogP contribution in [0.25, 0.3) is 0 Å². The van der Waals surface area contributed by atoms with Crippen LogP contribution in [0.5, 0.6) is 0 Å². The number of imide groups is 1. The van der Waals surface area contributed by atoms with Crippen molar-refractivity contribution in [3.63, 3.8) is 0 Å². The Balaban J connectivity index is 1.27. The SMILES string of the molecule is O=C(CCN1C(=O)[C@@H]2[C@@H]3CC[C@H](C3)[C@@H]2C1=O)OCC(=O)c1ccc(Cl)cc1. The number of rotatable bonds is 6. The number of Topliss-reactive ketones (excluding diaryl/α,β-unsaturated/α-hetero) is 1. The summed E-state index contributed by atoms with van der Waals surface area (Å²) in [6, 6.07) is 6.30. The molecule has 7 heteroatoms. The summed E-state index contributed by atoms with van der Waals surface area (Å²) in [4.78, 5) is 50.3. The molecule has 3 aliphatic rings. The van der Waals surface area contributed by atoms with Gasteiger partial charge in [0.2, 0.25) is 11.8 Å². The van der Waals surface area contributed by atoms with Crippen LogP contribution in [-0.4, -0.2) is 41.6 Å². The van der Waals surface area contributed by atoms with E-state index in [1.807, 2.05) is 0 Å². The molecule has 2 bridgehead atoms. The minimum atomic E-state index is -0.599. The highest BCUT2D eigenvalue weighted by Gasteiger charge is 2.60. The third kappa shape index (κ3) is 3.27. The Bertz CT molecular complexity index is 777. The van der Waals surface area contributed by atoms with E-state index < -0.39 is 5.97 Å². The highest BCUT2D eigenvalue weighted by molar-refractivity contribution is 6.30. The fraction of sp³-hybridized carbons (Fsp3) is 0.500. The Morgan fingerprint density at radius 1 is 1.04 bits per heavy atom. The molecule has 142 valence electrons. The summed E-state index contributed by atoms with van der Waals surface area (Å²) in [6.07, 6.45) is 2.93. The first-order valence-corrected chi connectivity index (χ1v) is 9.63. The van der Waals surface area contributed by atoms with Gasteiger partial charge < -0.3 is 4.74 Å². The summed E-state index contributed by atoms with van der Waals surface area (Å²) in [6.45, 7) is -0.351. The topological polar surface area (TPSA) is 80.8 Å². The van der Waals surface area contributed by atoms with Gasteiger partial charge in [0.1, 0.15) is 0 Å². The van der Waals surface area contributed by atoms with Gasteiger partial charge in [0.05, 0.1) is 18.3 Å². The van der Waals surface area contributed by atoms with Crippen LogP contribution in [0.3, 0.4) is 0 Å². The molecule has 1 aromatic carbocycles. The average Bonchev–Trinajstić information content (AvgIpc) is 3.33. The van der Waals surface area contributed by atoms with E-state index in [0.717, 1.165) is 19.3 Å². The number of ketones is 1. The molecule has 27 heavy (non-hydrogen) atoms. The van der Waals surface area contributed by atoms with Crippen molar-refractivity contribution in [2.75, 3.05) is 13.2 Å². The number of fused-ring (bicyclic) bond motifs is 5. The smallest absolute Gasteiger partial charge is 0.308 e. The lowest BCUT2D eigenvalue weighted by molar-refractivity contribution is -0.145. The first-order chi connectivity index (χ1) is 13.0. The number of hydrogen-bond donors (Lipinski definition) is 0. The standard InChI is InChI=1S/C20H20ClNO5/c21-14-5-3-11(4-6-14)15(23)10-27-16(24)7-8-22-19(25)17-12-1-2-13(9-12)18(17)20(22)26/h3-6,12-13,17-18H,1-2,7-10H2/t12-,13-,17-,18+/m1/s1. The lowest BCUT2D eigenvalue weighted by Crippen LogP contribution is -2.35. The molecular weight excluding hydrogens is 370 g/mol. The van der Waals surface area contributed by atoms with E-state index in [1.54, 1.807) is 24.3 Å². The fourth-order valence-corrected chi connectivity index (χ4v) is 4.96. The van der Waals surface area contributed by atoms with Gasteiger partial charge in [-0.3, -0.25) is 24.1 Å². The fourth-order valence-electron chi connectivity index (χ4n) is 4.83. The van der Waals surface area contributed by atoms with Gasteiger partial charge in [0, 0.05) is 17.1 Å². The van der Waals surface area contributed by atoms with Crippen molar-refractivity contribution in [3.05, 3.63) is 34.9 Å². The van der Waals surface area contributed by atoms with Crippen LogP contribution in [-0.2, 0) is 19.1 Å². The maximum Gasteiger partial charge on any atom is 0.308 e. The van der Waals surface area contributed by atoms with Crippen molar-refractivity contribution in [2.24, 2.45) is 23.7 Å². The summed E-state index contributed by atoms with van der Waals surface area (Å²) in [7, 11) is 0. The predicted molar refractivity (Wildman–Crippen MR) is 95.9 cm³/mol. The third-order valence-corrected chi connectivity index (χ3v) is 6.34. The van der Waals surface area contributed by atoms with E-state index in [1.165, 1.54) is 4.90 Å². The third-order valence-electron chi connectivity index (χ3n) is 6.09. The Kier molecular flexibility index (Phi) is 4.76. The molecule has 6 nitrogen and oxygen atoms in total. The number of carbonyl (C=O) groups is 4. The number of carbonyl (C=O) groups excluding carboxylic acids is 4. The predicted octanol–water partition coefficient (Wildman–Crippen LogP) is 2.49. The first-order valence-electron chi connectivity index (χ1n) is 9.25. The van der Waals surface area contributed by atoms with E-state index in [2.05, 4.69) is 0 Å². The van der Waals surface area contributed by atoms with Crippen LogP contribution in [0.2, 0.25) is 5.02 Å². The van der Waals surface area contributed by atoms with E-state index in [0.29, 0.717) is 22.4 Å². The molecule has 1 aromatic rings. The number of likely N-dealkylation sites (tertiary alicyclic amines) is 1. The van der Waals surface area contributed by atoms with Gasteiger partial charge in [-0.1, -0.05) is 11.6 Å². The van der Waals surface area contributed by atoms with Crippen LogP contribution in [0.4, 0.5) is 0 Å². The van der Waals surface area contributed by atoms with Crippen molar-refractivity contribution in [2.45, 2.75) is 25.7 Å². The molecule has 2 amide bonds. The summed E-state index contributed by atoms with van der Waals surface area (Å²) in [5.41, 5.74) is 0.403. The van der Waals surface area contributed by atoms with Crippen molar-refractivity contribution >= 4 is 35.2 Å². The minimum absolute atomic E-state index is 0.0259. The van der Waals surface area contributed by atoms with Gasteiger partial charge in [-0.2, -0.15) is 0 Å². The van der Waals surface area contributed by atoms with E-state index in [4.69, 9.17) is 16.3 Å². The largest absolute Gasteiger partial charge is 0.457 e. The molecule has 1 aliphatic heterocycles. The molecule has 0 radical (unpaired) electrons. The first kappa shape index (κ1) is 18.2. The lowest BCUT2D eigenvalue weighted by Gasteiger charge is -2.19. The number of esters is 1. The molecule has 2 aliphatic carbocycles. The van der Waals surface area contributed by atoms with Crippen molar-refractivity contribution in [1.82, 2.24) is 4.90 Å². The summed E-state index contributed by atoms with van der Waals surface area (Å²) in [5.74, 6) is -0.921. The van der Waals surface area contributed by atoms with Gasteiger partial charge in [-0.25, -0.2) is 0 Å². The minimum Gasteiger partial charge on any atom is -0.457 e. The second-order valence-corrected chi connectivity index (χ2v) is 7.99. The second-order valence-electron chi connectivity index (χ2n) is 7.55. The monoisotopic (exact) mass is 389 g/mol. The van der Waals surface area contributed by atoms with Gasteiger partial charge in [0.15, 0.2) is 12.4 Å². The summed E-state index contributed by atoms with van der Waals surface area (Å²) >= 11 is 5.77. The quantitative estimate of drug-likeness (QED) is 0.424. The maximum absolute atomic E-state index is 12.6. The second kappa shape index (κ2) is 7.08. The van der Waals surface area contributed by atoms with E-state index in [9.17, 15) is 19.2 Å². The number of benzene rings is 1. The summed E-state index contributed by atoms with van der Waals surface area (Å²) < 4.78 is 5.00. The van der Waals surface area contributed by atoms with E-state index >= 15 is 0 Å². The van der Waals surface area contributed by atoms with Gasteiger partial charge >= 0.3 is 5.97 Å². The molecule has 0 unspecified atom stereocenters. The van der Waals surface area contributed by atoms with Gasteiger partial charge in [-0.15, -0.1) is 0 Å². The highest BCUT2D eigenvalue weighted by Crippen LogP contribution is 2.56. The van der Waals surface area contributed by atoms with Crippen molar-refractivity contribution < 1.29 is 23.9 Å². The maximum atomic E-state index is 12.6. The van der Waals surface area contributed by atoms with Crippen LogP contribution in [0.15, 0.2) is 24.3 Å². The van der Waals surface area contributed by atoms with Crippen LogP contribution in [0.1, 0.15) is 36.0 Å². The number of amides is 2. The average molecular weight is 390 g/mol. The Morgan fingerprint density at radius 2 is 1.63 bits per heavy atom. The molecule has 4 rings (SSSR count). The summed E-state index contributed by atoms with van der Waals surface area (Å²) in [5, 5.41) is 0.515. The lowest BCUT2D eigenvalue weighted by atomic mass is 9.81. The Morgan fingerprint density at radius 3 is 2.22 bits per heavy atom. The zero-order chi connectivity index (χ0) is 19.1. The number of ether oxygens (including phenoxy) is 1. The Labute approximate surface area is 161 Å². The molecule has 0 aromatic heterocycles. The molecule has 2 saturated carbocycles. The van der Waals surface area contributed by atoms with Crippen LogP contribution < -0.4 is 0 Å². The normalized spacial score (nSPS) is 28.6. The molecule has 0 N–H and O–H groups in total. The highest BCUT2D eigenvalue weighted by atomic mass is 35.5. The van der Waals surface area contributed by atoms with Crippen LogP contribution in [0, 0.1) is 23.7 Å². The number of nitrogens with zero attached hydrogens (tertiary/aromatic N) is 1. The van der Waals surface area contributed by atoms with Crippen molar-refractivity contribution in [1.29, 1.82) is 0 Å².